The third-order valence-electron chi connectivity index (χ3n) is 1.66. The Hall–Kier alpha value is -1.51. The van der Waals surface area contributed by atoms with Crippen LogP contribution in [0.1, 0.15) is 6.92 Å². The van der Waals surface area contributed by atoms with Gasteiger partial charge in [-0.05, 0) is 31.2 Å². The molecule has 0 aliphatic rings. The van der Waals surface area contributed by atoms with E-state index in [2.05, 4.69) is 11.8 Å². The predicted octanol–water partition coefficient (Wildman–Crippen LogP) is 1.71. The number of anilines is 2. The van der Waals surface area contributed by atoms with E-state index in [1.165, 1.54) is 0 Å². The number of benzene rings is 1. The first-order chi connectivity index (χ1) is 5.77. The maximum atomic E-state index is 5.54. The SMILES string of the molecule is C=NN(CC)c1ccc(N)cc1. The highest BCUT2D eigenvalue weighted by Crippen LogP contribution is 2.15. The van der Waals surface area contributed by atoms with Gasteiger partial charge in [0, 0.05) is 18.9 Å². The van der Waals surface area contributed by atoms with Crippen LogP contribution in [0.15, 0.2) is 29.4 Å². The van der Waals surface area contributed by atoms with Crippen molar-refractivity contribution in [3.8, 4) is 0 Å². The fourth-order valence-corrected chi connectivity index (χ4v) is 1.01. The van der Waals surface area contributed by atoms with Gasteiger partial charge in [0.2, 0.25) is 0 Å². The second-order valence-corrected chi connectivity index (χ2v) is 2.45. The molecule has 1 aromatic carbocycles. The van der Waals surface area contributed by atoms with Crippen LogP contribution in [-0.4, -0.2) is 13.3 Å². The van der Waals surface area contributed by atoms with Crippen molar-refractivity contribution in [1.82, 2.24) is 0 Å². The molecule has 0 bridgehead atoms. The topological polar surface area (TPSA) is 41.6 Å². The van der Waals surface area contributed by atoms with Gasteiger partial charge in [-0.3, -0.25) is 5.01 Å². The lowest BCUT2D eigenvalue weighted by molar-refractivity contribution is 0.901. The smallest absolute Gasteiger partial charge is 0.0595 e. The molecule has 0 aliphatic heterocycles. The van der Waals surface area contributed by atoms with Crippen LogP contribution in [0.25, 0.3) is 0 Å². The van der Waals surface area contributed by atoms with E-state index in [9.17, 15) is 0 Å². The molecule has 1 aromatic rings. The van der Waals surface area contributed by atoms with Gasteiger partial charge < -0.3 is 5.73 Å². The molecular weight excluding hydrogens is 150 g/mol. The molecule has 0 aromatic heterocycles. The molecule has 0 spiro atoms. The summed E-state index contributed by atoms with van der Waals surface area (Å²) in [6, 6.07) is 7.55. The Morgan fingerprint density at radius 3 is 2.42 bits per heavy atom. The summed E-state index contributed by atoms with van der Waals surface area (Å²) in [6.07, 6.45) is 0. The van der Waals surface area contributed by atoms with Crippen molar-refractivity contribution in [2.75, 3.05) is 17.3 Å². The molecule has 0 saturated heterocycles. The summed E-state index contributed by atoms with van der Waals surface area (Å²) in [4.78, 5) is 0. The van der Waals surface area contributed by atoms with Gasteiger partial charge in [0.25, 0.3) is 0 Å². The number of hydrazone groups is 1. The second kappa shape index (κ2) is 3.76. The van der Waals surface area contributed by atoms with E-state index < -0.39 is 0 Å². The van der Waals surface area contributed by atoms with Crippen molar-refractivity contribution in [2.45, 2.75) is 6.92 Å². The van der Waals surface area contributed by atoms with Crippen molar-refractivity contribution < 1.29 is 0 Å². The predicted molar refractivity (Wildman–Crippen MR) is 53.4 cm³/mol. The Morgan fingerprint density at radius 1 is 1.42 bits per heavy atom. The van der Waals surface area contributed by atoms with Crippen molar-refractivity contribution in [2.24, 2.45) is 5.10 Å². The fraction of sp³-hybridized carbons (Fsp3) is 0.222. The summed E-state index contributed by atoms with van der Waals surface area (Å²) in [5, 5.41) is 5.65. The Morgan fingerprint density at radius 2 is 2.00 bits per heavy atom. The molecular formula is C9H13N3. The molecule has 1 rings (SSSR count). The van der Waals surface area contributed by atoms with E-state index in [4.69, 9.17) is 5.73 Å². The summed E-state index contributed by atoms with van der Waals surface area (Å²) < 4.78 is 0. The molecule has 0 fully saturated rings. The lowest BCUT2D eigenvalue weighted by Gasteiger charge is -2.15. The van der Waals surface area contributed by atoms with Crippen LogP contribution in [-0.2, 0) is 0 Å². The van der Waals surface area contributed by atoms with E-state index in [0.717, 1.165) is 17.9 Å². The molecule has 0 aliphatic carbocycles. The van der Waals surface area contributed by atoms with Crippen molar-refractivity contribution in [1.29, 1.82) is 0 Å². The summed E-state index contributed by atoms with van der Waals surface area (Å²) in [5.74, 6) is 0. The number of nitrogen functional groups attached to an aromatic ring is 1. The average Bonchev–Trinajstić information content (AvgIpc) is 2.10. The number of nitrogens with two attached hydrogens (primary N) is 1. The molecule has 3 nitrogen and oxygen atoms in total. The number of hydrogen-bond acceptors (Lipinski definition) is 3. The van der Waals surface area contributed by atoms with Crippen molar-refractivity contribution in [3.05, 3.63) is 24.3 Å². The maximum absolute atomic E-state index is 5.54. The molecule has 0 saturated carbocycles. The summed E-state index contributed by atoms with van der Waals surface area (Å²) in [5.41, 5.74) is 7.32. The quantitative estimate of drug-likeness (QED) is 0.418. The molecule has 0 heterocycles. The lowest BCUT2D eigenvalue weighted by atomic mass is 10.3. The van der Waals surface area contributed by atoms with Crippen LogP contribution < -0.4 is 10.7 Å². The number of nitrogens with zero attached hydrogens (tertiary/aromatic N) is 2. The molecule has 3 heteroatoms. The van der Waals surface area contributed by atoms with E-state index in [1.54, 1.807) is 5.01 Å². The van der Waals surface area contributed by atoms with Crippen LogP contribution in [0.5, 0.6) is 0 Å². The first kappa shape index (κ1) is 8.59. The summed E-state index contributed by atoms with van der Waals surface area (Å²) >= 11 is 0. The molecule has 0 atom stereocenters. The molecule has 64 valence electrons. The second-order valence-electron chi connectivity index (χ2n) is 2.45. The Balaban J connectivity index is 2.87. The van der Waals surface area contributed by atoms with Crippen molar-refractivity contribution in [3.63, 3.8) is 0 Å². The molecule has 12 heavy (non-hydrogen) atoms. The average molecular weight is 163 g/mol. The lowest BCUT2D eigenvalue weighted by Crippen LogP contribution is -2.13. The molecule has 0 unspecified atom stereocenters. The zero-order chi connectivity index (χ0) is 8.97. The highest BCUT2D eigenvalue weighted by molar-refractivity contribution is 5.53. The monoisotopic (exact) mass is 163 g/mol. The molecule has 2 N–H and O–H groups in total. The third-order valence-corrected chi connectivity index (χ3v) is 1.66. The minimum absolute atomic E-state index is 0.763. The normalized spacial score (nSPS) is 9.42. The van der Waals surface area contributed by atoms with Gasteiger partial charge in [0.15, 0.2) is 0 Å². The maximum Gasteiger partial charge on any atom is 0.0595 e. The minimum Gasteiger partial charge on any atom is -0.399 e. The summed E-state index contributed by atoms with van der Waals surface area (Å²) in [6.45, 7) is 6.31. The first-order valence-electron chi connectivity index (χ1n) is 3.87. The van der Waals surface area contributed by atoms with Gasteiger partial charge in [0.1, 0.15) is 0 Å². The number of rotatable bonds is 3. The van der Waals surface area contributed by atoms with E-state index in [0.29, 0.717) is 0 Å². The highest BCUT2D eigenvalue weighted by Gasteiger charge is 1.98. The summed E-state index contributed by atoms with van der Waals surface area (Å²) in [7, 11) is 0. The van der Waals surface area contributed by atoms with Crippen LogP contribution in [0.3, 0.4) is 0 Å². The zero-order valence-corrected chi connectivity index (χ0v) is 7.20. The van der Waals surface area contributed by atoms with Crippen LogP contribution in [0, 0.1) is 0 Å². The largest absolute Gasteiger partial charge is 0.399 e. The third kappa shape index (κ3) is 1.75. The van der Waals surface area contributed by atoms with Gasteiger partial charge in [-0.15, -0.1) is 0 Å². The molecule has 0 amide bonds. The van der Waals surface area contributed by atoms with Crippen LogP contribution in [0.2, 0.25) is 0 Å². The minimum atomic E-state index is 0.763. The molecule has 0 radical (unpaired) electrons. The van der Waals surface area contributed by atoms with E-state index in [1.807, 2.05) is 31.2 Å². The van der Waals surface area contributed by atoms with Crippen LogP contribution in [0.4, 0.5) is 11.4 Å². The standard InChI is InChI=1S/C9H13N3/c1-3-12(11-2)9-6-4-8(10)5-7-9/h4-7H,2-3,10H2,1H3. The van der Waals surface area contributed by atoms with E-state index in [-0.39, 0.29) is 0 Å². The zero-order valence-electron chi connectivity index (χ0n) is 7.20. The first-order valence-corrected chi connectivity index (χ1v) is 3.87. The van der Waals surface area contributed by atoms with Gasteiger partial charge >= 0.3 is 0 Å². The van der Waals surface area contributed by atoms with Gasteiger partial charge in [-0.25, -0.2) is 0 Å². The van der Waals surface area contributed by atoms with Gasteiger partial charge in [-0.1, -0.05) is 0 Å². The number of hydrogen-bond donors (Lipinski definition) is 1. The van der Waals surface area contributed by atoms with Gasteiger partial charge in [0.05, 0.1) is 5.69 Å². The van der Waals surface area contributed by atoms with E-state index >= 15 is 0 Å². The Kier molecular flexibility index (Phi) is 2.69. The van der Waals surface area contributed by atoms with Crippen LogP contribution >= 0.6 is 0 Å². The Labute approximate surface area is 72.5 Å². The fourth-order valence-electron chi connectivity index (χ4n) is 1.01. The highest BCUT2D eigenvalue weighted by atomic mass is 15.4. The van der Waals surface area contributed by atoms with Crippen molar-refractivity contribution >= 4 is 18.1 Å². The van der Waals surface area contributed by atoms with Gasteiger partial charge in [-0.2, -0.15) is 5.10 Å². The Bertz CT molecular complexity index is 253.